The summed E-state index contributed by atoms with van der Waals surface area (Å²) in [6, 6.07) is 0. The van der Waals surface area contributed by atoms with Gasteiger partial charge in [-0.25, -0.2) is 5.43 Å². The number of allylic oxidation sites excluding steroid dienone is 1. The van der Waals surface area contributed by atoms with Gasteiger partial charge in [-0.2, -0.15) is 5.10 Å². The monoisotopic (exact) mass is 163 g/mol. The summed E-state index contributed by atoms with van der Waals surface area (Å²) in [6.07, 6.45) is 5.56. The molecule has 0 fully saturated rings. The van der Waals surface area contributed by atoms with Crippen LogP contribution in [0.15, 0.2) is 28.9 Å². The van der Waals surface area contributed by atoms with Gasteiger partial charge in [0, 0.05) is 6.54 Å². The highest BCUT2D eigenvalue weighted by Crippen LogP contribution is 2.17. The van der Waals surface area contributed by atoms with E-state index >= 15 is 0 Å². The second kappa shape index (κ2) is 2.57. The summed E-state index contributed by atoms with van der Waals surface area (Å²) in [5.41, 5.74) is 9.62. The van der Waals surface area contributed by atoms with E-state index in [9.17, 15) is 4.79 Å². The molecule has 0 aromatic rings. The molecule has 0 aromatic heterocycles. The van der Waals surface area contributed by atoms with Gasteiger partial charge in [0.25, 0.3) is 5.91 Å². The first kappa shape index (κ1) is 7.24. The average Bonchev–Trinajstić information content (AvgIpc) is 2.47. The Morgan fingerprint density at radius 3 is 3.17 bits per heavy atom. The minimum Gasteiger partial charge on any atom is -0.327 e. The molecule has 0 radical (unpaired) electrons. The molecule has 1 unspecified atom stereocenters. The molecule has 2 aliphatic rings. The first-order valence-corrected chi connectivity index (χ1v) is 3.77. The zero-order chi connectivity index (χ0) is 8.55. The number of carbonyl (C=O) groups excluding carboxylic acids is 1. The van der Waals surface area contributed by atoms with E-state index < -0.39 is 0 Å². The molecule has 1 aliphatic carbocycles. The van der Waals surface area contributed by atoms with Crippen LogP contribution in [-0.2, 0) is 4.79 Å². The Balaban J connectivity index is 2.31. The standard InChI is InChI=1S/C8H9N3O/c9-4-5-1-2-7-6(3-5)8(12)11-10-7/h1-3,6H,4,9H2,(H,11,12). The van der Waals surface area contributed by atoms with Crippen LogP contribution in [0.2, 0.25) is 0 Å². The van der Waals surface area contributed by atoms with Gasteiger partial charge < -0.3 is 5.73 Å². The summed E-state index contributed by atoms with van der Waals surface area (Å²) in [6.45, 7) is 0.466. The van der Waals surface area contributed by atoms with Crippen LogP contribution in [-0.4, -0.2) is 18.2 Å². The third-order valence-electron chi connectivity index (χ3n) is 1.98. The third kappa shape index (κ3) is 0.967. The highest BCUT2D eigenvalue weighted by atomic mass is 16.2. The van der Waals surface area contributed by atoms with Gasteiger partial charge in [-0.05, 0) is 11.6 Å². The Morgan fingerprint density at radius 2 is 2.42 bits per heavy atom. The Labute approximate surface area is 69.8 Å². The molecule has 0 spiro atoms. The van der Waals surface area contributed by atoms with E-state index in [0.717, 1.165) is 11.3 Å². The first-order chi connectivity index (χ1) is 5.81. The van der Waals surface area contributed by atoms with Crippen molar-refractivity contribution in [3.05, 3.63) is 23.8 Å². The predicted molar refractivity (Wildman–Crippen MR) is 45.3 cm³/mol. The van der Waals surface area contributed by atoms with E-state index in [1.807, 2.05) is 18.2 Å². The lowest BCUT2D eigenvalue weighted by molar-refractivity contribution is -0.121. The summed E-state index contributed by atoms with van der Waals surface area (Å²) in [7, 11) is 0. The van der Waals surface area contributed by atoms with Gasteiger partial charge in [0.15, 0.2) is 0 Å². The van der Waals surface area contributed by atoms with Gasteiger partial charge in [-0.3, -0.25) is 4.79 Å². The summed E-state index contributed by atoms with van der Waals surface area (Å²) in [4.78, 5) is 11.1. The largest absolute Gasteiger partial charge is 0.327 e. The molecule has 0 saturated carbocycles. The lowest BCUT2D eigenvalue weighted by Crippen LogP contribution is -2.23. The quantitative estimate of drug-likeness (QED) is 0.549. The first-order valence-electron chi connectivity index (χ1n) is 3.77. The fraction of sp³-hybridized carbons (Fsp3) is 0.250. The molecule has 12 heavy (non-hydrogen) atoms. The minimum atomic E-state index is -0.214. The van der Waals surface area contributed by atoms with E-state index in [4.69, 9.17) is 5.73 Å². The van der Waals surface area contributed by atoms with Crippen LogP contribution in [0.1, 0.15) is 0 Å². The number of hydrogen-bond acceptors (Lipinski definition) is 3. The molecular formula is C8H9N3O. The number of nitrogens with zero attached hydrogens (tertiary/aromatic N) is 1. The van der Waals surface area contributed by atoms with E-state index in [1.165, 1.54) is 0 Å². The Morgan fingerprint density at radius 1 is 1.58 bits per heavy atom. The van der Waals surface area contributed by atoms with Crippen molar-refractivity contribution >= 4 is 11.6 Å². The average molecular weight is 163 g/mol. The normalized spacial score (nSPS) is 26.1. The lowest BCUT2D eigenvalue weighted by Gasteiger charge is -2.09. The third-order valence-corrected chi connectivity index (χ3v) is 1.98. The second-order valence-electron chi connectivity index (χ2n) is 2.77. The van der Waals surface area contributed by atoms with Gasteiger partial charge in [-0.1, -0.05) is 12.2 Å². The van der Waals surface area contributed by atoms with E-state index in [1.54, 1.807) is 0 Å². The van der Waals surface area contributed by atoms with Crippen LogP contribution in [0.5, 0.6) is 0 Å². The molecule has 4 heteroatoms. The number of fused-ring (bicyclic) bond motifs is 1. The Bertz CT molecular complexity index is 314. The maximum Gasteiger partial charge on any atom is 0.253 e. The van der Waals surface area contributed by atoms with Crippen molar-refractivity contribution in [3.8, 4) is 0 Å². The fourth-order valence-corrected chi connectivity index (χ4v) is 1.29. The number of amides is 1. The maximum atomic E-state index is 11.1. The molecule has 1 amide bonds. The topological polar surface area (TPSA) is 67.5 Å². The molecule has 1 atom stereocenters. The number of hydrogen-bond donors (Lipinski definition) is 2. The van der Waals surface area contributed by atoms with Gasteiger partial charge in [-0.15, -0.1) is 0 Å². The summed E-state index contributed by atoms with van der Waals surface area (Å²) in [5.74, 6) is -0.283. The smallest absolute Gasteiger partial charge is 0.253 e. The molecule has 3 N–H and O–H groups in total. The van der Waals surface area contributed by atoms with E-state index in [2.05, 4.69) is 10.5 Å². The van der Waals surface area contributed by atoms with Gasteiger partial charge in [0.2, 0.25) is 0 Å². The van der Waals surface area contributed by atoms with Crippen LogP contribution in [0.25, 0.3) is 0 Å². The predicted octanol–water partition coefficient (Wildman–Crippen LogP) is -0.457. The van der Waals surface area contributed by atoms with Crippen molar-refractivity contribution < 1.29 is 4.79 Å². The van der Waals surface area contributed by atoms with Crippen molar-refractivity contribution in [1.29, 1.82) is 0 Å². The van der Waals surface area contributed by atoms with E-state index in [-0.39, 0.29) is 11.8 Å². The molecule has 0 bridgehead atoms. The van der Waals surface area contributed by atoms with Crippen molar-refractivity contribution in [3.63, 3.8) is 0 Å². The number of hydrazone groups is 1. The number of carbonyl (C=O) groups is 1. The molecular weight excluding hydrogens is 154 g/mol. The van der Waals surface area contributed by atoms with Crippen molar-refractivity contribution in [2.45, 2.75) is 0 Å². The summed E-state index contributed by atoms with van der Waals surface area (Å²) >= 11 is 0. The lowest BCUT2D eigenvalue weighted by atomic mass is 9.95. The molecule has 0 aromatic carbocycles. The molecule has 62 valence electrons. The maximum absolute atomic E-state index is 11.1. The van der Waals surface area contributed by atoms with E-state index in [0.29, 0.717) is 6.54 Å². The zero-order valence-corrected chi connectivity index (χ0v) is 6.45. The minimum absolute atomic E-state index is 0.0692. The van der Waals surface area contributed by atoms with Crippen molar-refractivity contribution in [1.82, 2.24) is 5.43 Å². The van der Waals surface area contributed by atoms with Gasteiger partial charge >= 0.3 is 0 Å². The summed E-state index contributed by atoms with van der Waals surface area (Å²) < 4.78 is 0. The molecule has 1 heterocycles. The fourth-order valence-electron chi connectivity index (χ4n) is 1.29. The Kier molecular flexibility index (Phi) is 1.55. The summed E-state index contributed by atoms with van der Waals surface area (Å²) in [5, 5.41) is 3.85. The highest BCUT2D eigenvalue weighted by Gasteiger charge is 2.28. The molecule has 4 nitrogen and oxygen atoms in total. The van der Waals surface area contributed by atoms with Gasteiger partial charge in [0.05, 0.1) is 5.71 Å². The molecule has 1 aliphatic heterocycles. The molecule has 0 saturated heterocycles. The number of rotatable bonds is 1. The van der Waals surface area contributed by atoms with Crippen LogP contribution in [0.4, 0.5) is 0 Å². The van der Waals surface area contributed by atoms with Crippen LogP contribution in [0, 0.1) is 5.92 Å². The highest BCUT2D eigenvalue weighted by molar-refractivity contribution is 6.15. The van der Waals surface area contributed by atoms with Crippen LogP contribution in [0.3, 0.4) is 0 Å². The van der Waals surface area contributed by atoms with Crippen LogP contribution >= 0.6 is 0 Å². The van der Waals surface area contributed by atoms with Crippen LogP contribution < -0.4 is 11.2 Å². The Hall–Kier alpha value is -1.42. The SMILES string of the molecule is NCC1=CC2C(=O)NN=C2C=C1. The second-order valence-corrected chi connectivity index (χ2v) is 2.77. The number of nitrogens with two attached hydrogens (primary N) is 1. The van der Waals surface area contributed by atoms with Gasteiger partial charge in [0.1, 0.15) is 5.92 Å². The van der Waals surface area contributed by atoms with Crippen molar-refractivity contribution in [2.75, 3.05) is 6.54 Å². The number of nitrogens with one attached hydrogen (secondary N) is 1. The molecule has 2 rings (SSSR count). The van der Waals surface area contributed by atoms with Crippen molar-refractivity contribution in [2.24, 2.45) is 16.8 Å². The zero-order valence-electron chi connectivity index (χ0n) is 6.45.